The highest BCUT2D eigenvalue weighted by Crippen LogP contribution is 2.47. The van der Waals surface area contributed by atoms with Gasteiger partial charge in [-0.05, 0) is 54.8 Å². The third kappa shape index (κ3) is 3.36. The van der Waals surface area contributed by atoms with Crippen LogP contribution in [-0.2, 0) is 19.1 Å². The molecule has 4 aromatic rings. The summed E-state index contributed by atoms with van der Waals surface area (Å²) >= 11 is 0. The first-order valence-electron chi connectivity index (χ1n) is 9.98. The van der Waals surface area contributed by atoms with Gasteiger partial charge in [0.05, 0.1) is 22.8 Å². The topological polar surface area (TPSA) is 72.8 Å². The highest BCUT2D eigenvalue weighted by atomic mass is 19.1. The number of imidazole rings is 1. The third-order valence-corrected chi connectivity index (χ3v) is 5.74. The molecule has 2 aromatic carbocycles. The molecule has 2 heterocycles. The molecule has 2 aromatic heterocycles. The Balaban J connectivity index is 1.42. The number of aromatic nitrogens is 3. The quantitative estimate of drug-likeness (QED) is 0.495. The van der Waals surface area contributed by atoms with Gasteiger partial charge < -0.3 is 9.30 Å². The van der Waals surface area contributed by atoms with E-state index in [1.165, 1.54) is 22.8 Å². The van der Waals surface area contributed by atoms with E-state index in [-0.39, 0.29) is 18.0 Å². The van der Waals surface area contributed by atoms with Gasteiger partial charge in [-0.1, -0.05) is 12.1 Å². The lowest BCUT2D eigenvalue weighted by molar-refractivity contribution is 0.305. The number of hydrogen-bond donors (Lipinski definition) is 0. The van der Waals surface area contributed by atoms with Crippen LogP contribution in [0.1, 0.15) is 24.2 Å². The molecule has 1 fully saturated rings. The van der Waals surface area contributed by atoms with Crippen LogP contribution in [0, 0.1) is 17.1 Å². The SMILES string of the molecule is Cn1c(C2(C#N)CC2)nc2ccc(-n3ccc(OCc4ccc(F)cc4)cc3=O)cc21. The van der Waals surface area contributed by atoms with E-state index in [1.807, 2.05) is 29.8 Å². The molecule has 0 unspecified atom stereocenters. The first-order valence-corrected chi connectivity index (χ1v) is 9.98. The van der Waals surface area contributed by atoms with Crippen molar-refractivity contribution in [3.63, 3.8) is 0 Å². The van der Waals surface area contributed by atoms with E-state index in [9.17, 15) is 14.4 Å². The number of pyridine rings is 1. The zero-order valence-electron chi connectivity index (χ0n) is 16.9. The Bertz CT molecular complexity index is 1390. The Kier molecular flexibility index (Phi) is 4.36. The molecule has 1 aliphatic rings. The number of aryl methyl sites for hydroxylation is 1. The molecule has 0 radical (unpaired) electrons. The second kappa shape index (κ2) is 7.10. The molecule has 31 heavy (non-hydrogen) atoms. The maximum atomic E-state index is 13.0. The van der Waals surface area contributed by atoms with Crippen molar-refractivity contribution in [2.45, 2.75) is 24.9 Å². The smallest absolute Gasteiger partial charge is 0.258 e. The van der Waals surface area contributed by atoms with Crippen molar-refractivity contribution in [2.75, 3.05) is 0 Å². The summed E-state index contributed by atoms with van der Waals surface area (Å²) in [4.78, 5) is 17.4. The molecule has 1 aliphatic carbocycles. The number of benzene rings is 2. The summed E-state index contributed by atoms with van der Waals surface area (Å²) in [7, 11) is 1.90. The molecule has 5 rings (SSSR count). The van der Waals surface area contributed by atoms with Crippen LogP contribution in [0.5, 0.6) is 5.75 Å². The molecule has 0 saturated heterocycles. The normalized spacial score (nSPS) is 14.4. The maximum absolute atomic E-state index is 13.0. The minimum atomic E-state index is -0.478. The van der Waals surface area contributed by atoms with Crippen molar-refractivity contribution in [1.29, 1.82) is 5.26 Å². The fourth-order valence-corrected chi connectivity index (χ4v) is 3.78. The molecule has 0 aliphatic heterocycles. The van der Waals surface area contributed by atoms with E-state index < -0.39 is 5.41 Å². The maximum Gasteiger partial charge on any atom is 0.258 e. The molecule has 0 atom stereocenters. The minimum Gasteiger partial charge on any atom is -0.489 e. The number of rotatable bonds is 5. The second-order valence-corrected chi connectivity index (χ2v) is 7.85. The van der Waals surface area contributed by atoms with Crippen LogP contribution in [0.3, 0.4) is 0 Å². The Morgan fingerprint density at radius 2 is 1.94 bits per heavy atom. The monoisotopic (exact) mass is 414 g/mol. The van der Waals surface area contributed by atoms with E-state index >= 15 is 0 Å². The number of nitriles is 1. The van der Waals surface area contributed by atoms with Crippen LogP contribution in [0.4, 0.5) is 4.39 Å². The summed E-state index contributed by atoms with van der Waals surface area (Å²) in [6.45, 7) is 0.244. The minimum absolute atomic E-state index is 0.228. The molecular weight excluding hydrogens is 395 g/mol. The van der Waals surface area contributed by atoms with Gasteiger partial charge in [-0.3, -0.25) is 9.36 Å². The molecule has 0 amide bonds. The van der Waals surface area contributed by atoms with Crippen LogP contribution in [-0.4, -0.2) is 14.1 Å². The number of halogens is 1. The number of ether oxygens (including phenoxy) is 1. The van der Waals surface area contributed by atoms with E-state index in [4.69, 9.17) is 4.74 Å². The van der Waals surface area contributed by atoms with Crippen LogP contribution >= 0.6 is 0 Å². The second-order valence-electron chi connectivity index (χ2n) is 7.85. The van der Waals surface area contributed by atoms with E-state index in [2.05, 4.69) is 11.1 Å². The van der Waals surface area contributed by atoms with E-state index in [0.717, 1.165) is 35.3 Å². The first-order chi connectivity index (χ1) is 15.0. The lowest BCUT2D eigenvalue weighted by atomic mass is 10.1. The van der Waals surface area contributed by atoms with Crippen molar-refractivity contribution >= 4 is 11.0 Å². The third-order valence-electron chi connectivity index (χ3n) is 5.74. The van der Waals surface area contributed by atoms with Crippen LogP contribution in [0.15, 0.2) is 65.6 Å². The molecule has 0 bridgehead atoms. The van der Waals surface area contributed by atoms with Crippen LogP contribution in [0.2, 0.25) is 0 Å². The fourth-order valence-electron chi connectivity index (χ4n) is 3.78. The van der Waals surface area contributed by atoms with Gasteiger partial charge in [-0.25, -0.2) is 9.37 Å². The van der Waals surface area contributed by atoms with Crippen molar-refractivity contribution in [3.8, 4) is 17.5 Å². The average Bonchev–Trinajstić information content (AvgIpc) is 3.51. The zero-order valence-corrected chi connectivity index (χ0v) is 16.9. The van der Waals surface area contributed by atoms with Crippen LogP contribution < -0.4 is 10.3 Å². The van der Waals surface area contributed by atoms with Crippen molar-refractivity contribution in [3.05, 3.63) is 88.4 Å². The summed E-state index contributed by atoms with van der Waals surface area (Å²) in [6, 6.07) is 17.2. The molecule has 6 nitrogen and oxygen atoms in total. The molecule has 154 valence electrons. The Labute approximate surface area is 177 Å². The highest BCUT2D eigenvalue weighted by molar-refractivity contribution is 5.79. The largest absolute Gasteiger partial charge is 0.489 e. The number of hydrogen-bond acceptors (Lipinski definition) is 4. The van der Waals surface area contributed by atoms with Gasteiger partial charge >= 0.3 is 0 Å². The lowest BCUT2D eigenvalue weighted by Crippen LogP contribution is -2.16. The Morgan fingerprint density at radius 3 is 2.61 bits per heavy atom. The fraction of sp³-hybridized carbons (Fsp3) is 0.208. The summed E-state index contributed by atoms with van der Waals surface area (Å²) in [6.07, 6.45) is 3.32. The predicted octanol–water partition coefficient (Wildman–Crippen LogP) is 4.00. The summed E-state index contributed by atoms with van der Waals surface area (Å²) in [5.41, 5.74) is 2.49. The van der Waals surface area contributed by atoms with Crippen molar-refractivity contribution < 1.29 is 9.13 Å². The van der Waals surface area contributed by atoms with E-state index in [1.54, 1.807) is 24.4 Å². The summed E-state index contributed by atoms with van der Waals surface area (Å²) in [5.74, 6) is 0.919. The number of nitrogens with zero attached hydrogens (tertiary/aromatic N) is 4. The molecule has 0 N–H and O–H groups in total. The molecule has 0 spiro atoms. The predicted molar refractivity (Wildman–Crippen MR) is 114 cm³/mol. The van der Waals surface area contributed by atoms with Crippen molar-refractivity contribution in [1.82, 2.24) is 14.1 Å². The average molecular weight is 414 g/mol. The Morgan fingerprint density at radius 1 is 1.16 bits per heavy atom. The summed E-state index contributed by atoms with van der Waals surface area (Å²) < 4.78 is 22.2. The van der Waals surface area contributed by atoms with E-state index in [0.29, 0.717) is 11.4 Å². The van der Waals surface area contributed by atoms with Gasteiger partial charge in [0, 0.05) is 19.3 Å². The standard InChI is InChI=1S/C24H19FN4O2/c1-28-21-12-18(6-7-20(21)27-23(28)24(15-26)9-10-24)29-11-8-19(13-22(29)30)31-14-16-2-4-17(25)5-3-16/h2-8,11-13H,9-10,14H2,1H3. The number of fused-ring (bicyclic) bond motifs is 1. The molecular formula is C24H19FN4O2. The lowest BCUT2D eigenvalue weighted by Gasteiger charge is -2.10. The van der Waals surface area contributed by atoms with Gasteiger partial charge in [-0.15, -0.1) is 0 Å². The van der Waals surface area contributed by atoms with Gasteiger partial charge in [-0.2, -0.15) is 5.26 Å². The zero-order chi connectivity index (χ0) is 21.6. The summed E-state index contributed by atoms with van der Waals surface area (Å²) in [5, 5.41) is 9.51. The molecule has 7 heteroatoms. The first kappa shape index (κ1) is 19.1. The highest BCUT2D eigenvalue weighted by Gasteiger charge is 2.48. The Hall–Kier alpha value is -3.92. The van der Waals surface area contributed by atoms with Gasteiger partial charge in [0.15, 0.2) is 0 Å². The van der Waals surface area contributed by atoms with Crippen LogP contribution in [0.25, 0.3) is 16.7 Å². The molecule has 1 saturated carbocycles. The van der Waals surface area contributed by atoms with Gasteiger partial charge in [0.25, 0.3) is 5.56 Å². The van der Waals surface area contributed by atoms with Gasteiger partial charge in [0.2, 0.25) is 0 Å². The van der Waals surface area contributed by atoms with Crippen molar-refractivity contribution in [2.24, 2.45) is 7.05 Å². The van der Waals surface area contributed by atoms with Gasteiger partial charge in [0.1, 0.15) is 29.4 Å².